The number of rotatable bonds is 6. The second-order valence-electron chi connectivity index (χ2n) is 7.47. The first-order valence-electron chi connectivity index (χ1n) is 9.07. The Bertz CT molecular complexity index is 848. The number of amides is 2. The minimum absolute atomic E-state index is 0.0225. The van der Waals surface area contributed by atoms with Gasteiger partial charge in [0, 0.05) is 5.56 Å². The van der Waals surface area contributed by atoms with Crippen LogP contribution in [-0.4, -0.2) is 31.2 Å². The molecule has 0 heterocycles. The highest BCUT2D eigenvalue weighted by Crippen LogP contribution is 2.22. The van der Waals surface area contributed by atoms with E-state index < -0.39 is 5.91 Å². The number of ether oxygens (including phenoxy) is 1. The monoisotopic (exact) mass is 381 g/mol. The molecule has 2 rings (SSSR count). The van der Waals surface area contributed by atoms with Gasteiger partial charge < -0.3 is 10.1 Å². The van der Waals surface area contributed by atoms with Crippen molar-refractivity contribution in [2.45, 2.75) is 33.1 Å². The fourth-order valence-corrected chi connectivity index (χ4v) is 2.47. The number of hydrogen-bond acceptors (Lipinski definition) is 4. The summed E-state index contributed by atoms with van der Waals surface area (Å²) in [6.45, 7) is 7.97. The van der Waals surface area contributed by atoms with Crippen molar-refractivity contribution in [3.8, 4) is 5.75 Å². The molecule has 0 saturated heterocycles. The second-order valence-corrected chi connectivity index (χ2v) is 7.47. The molecule has 0 bridgehead atoms. The molecule has 0 radical (unpaired) electrons. The first-order chi connectivity index (χ1) is 13.2. The lowest BCUT2D eigenvalue weighted by Crippen LogP contribution is -2.35. The Kier molecular flexibility index (Phi) is 6.93. The Morgan fingerprint density at radius 1 is 0.964 bits per heavy atom. The molecular weight excluding hydrogens is 354 g/mol. The Hall–Kier alpha value is -3.15. The minimum Gasteiger partial charge on any atom is -0.497 e. The van der Waals surface area contributed by atoms with Crippen LogP contribution in [0.25, 0.3) is 0 Å². The van der Waals surface area contributed by atoms with E-state index in [1.54, 1.807) is 26.2 Å². The zero-order valence-electron chi connectivity index (χ0n) is 17.0. The van der Waals surface area contributed by atoms with Crippen molar-refractivity contribution in [2.24, 2.45) is 5.10 Å². The molecule has 0 fully saturated rings. The van der Waals surface area contributed by atoms with Gasteiger partial charge in [-0.05, 0) is 59.9 Å². The lowest BCUT2D eigenvalue weighted by molar-refractivity contribution is -0.120. The summed E-state index contributed by atoms with van der Waals surface area (Å²) in [6.07, 6.45) is 0. The van der Waals surface area contributed by atoms with E-state index in [2.05, 4.69) is 36.6 Å². The van der Waals surface area contributed by atoms with Gasteiger partial charge in [0.05, 0.1) is 19.4 Å². The van der Waals surface area contributed by atoms with Crippen molar-refractivity contribution in [3.05, 3.63) is 65.2 Å². The molecule has 0 aromatic heterocycles. The van der Waals surface area contributed by atoms with Crippen molar-refractivity contribution < 1.29 is 14.3 Å². The molecule has 2 N–H and O–H groups in total. The molecule has 0 aliphatic carbocycles. The van der Waals surface area contributed by atoms with Crippen molar-refractivity contribution >= 4 is 17.5 Å². The van der Waals surface area contributed by atoms with E-state index in [1.807, 2.05) is 36.4 Å². The standard InChI is InChI=1S/C22H27N3O3/c1-15(16-8-12-19(28-5)13-9-16)24-25-20(26)14-23-21(27)17-6-10-18(11-7-17)22(2,3)4/h6-13H,14H2,1-5H3,(H,23,27)(H,25,26)/b24-15-. The molecule has 2 aromatic carbocycles. The van der Waals surface area contributed by atoms with Crippen molar-refractivity contribution in [3.63, 3.8) is 0 Å². The molecular formula is C22H27N3O3. The maximum atomic E-state index is 12.2. The van der Waals surface area contributed by atoms with Crippen LogP contribution in [0, 0.1) is 0 Å². The number of benzene rings is 2. The van der Waals surface area contributed by atoms with E-state index in [0.29, 0.717) is 11.3 Å². The first-order valence-corrected chi connectivity index (χ1v) is 9.07. The maximum absolute atomic E-state index is 12.2. The van der Waals surface area contributed by atoms with E-state index in [9.17, 15) is 9.59 Å². The van der Waals surface area contributed by atoms with E-state index in [4.69, 9.17) is 4.74 Å². The fraction of sp³-hybridized carbons (Fsp3) is 0.318. The molecule has 2 aromatic rings. The van der Waals surface area contributed by atoms with Crippen LogP contribution >= 0.6 is 0 Å². The van der Waals surface area contributed by atoms with Crippen LogP contribution in [0.3, 0.4) is 0 Å². The number of hydrazone groups is 1. The van der Waals surface area contributed by atoms with Crippen LogP contribution in [0.2, 0.25) is 0 Å². The maximum Gasteiger partial charge on any atom is 0.259 e. The SMILES string of the molecule is COc1ccc(/C(C)=N\NC(=O)CNC(=O)c2ccc(C(C)(C)C)cc2)cc1. The summed E-state index contributed by atoms with van der Waals surface area (Å²) >= 11 is 0. The fourth-order valence-electron chi connectivity index (χ4n) is 2.47. The van der Waals surface area contributed by atoms with Crippen LogP contribution in [0.1, 0.15) is 49.2 Å². The second kappa shape index (κ2) is 9.17. The number of carbonyl (C=O) groups excluding carboxylic acids is 2. The van der Waals surface area contributed by atoms with Crippen LogP contribution in [0.5, 0.6) is 5.75 Å². The lowest BCUT2D eigenvalue weighted by atomic mass is 9.87. The third kappa shape index (κ3) is 5.94. The van der Waals surface area contributed by atoms with Crippen molar-refractivity contribution in [1.29, 1.82) is 0 Å². The van der Waals surface area contributed by atoms with Crippen molar-refractivity contribution in [2.75, 3.05) is 13.7 Å². The van der Waals surface area contributed by atoms with Crippen molar-refractivity contribution in [1.82, 2.24) is 10.7 Å². The summed E-state index contributed by atoms with van der Waals surface area (Å²) in [7, 11) is 1.60. The molecule has 6 nitrogen and oxygen atoms in total. The van der Waals surface area contributed by atoms with Gasteiger partial charge in [0.15, 0.2) is 0 Å². The average Bonchev–Trinajstić information content (AvgIpc) is 2.69. The topological polar surface area (TPSA) is 79.8 Å². The van der Waals surface area contributed by atoms with Gasteiger partial charge in [0.2, 0.25) is 0 Å². The summed E-state index contributed by atoms with van der Waals surface area (Å²) in [6, 6.07) is 14.7. The largest absolute Gasteiger partial charge is 0.497 e. The molecule has 6 heteroatoms. The van der Waals surface area contributed by atoms with Gasteiger partial charge in [0.25, 0.3) is 11.8 Å². The van der Waals surface area contributed by atoms with Gasteiger partial charge in [-0.2, -0.15) is 5.10 Å². The van der Waals surface area contributed by atoms with Gasteiger partial charge in [-0.1, -0.05) is 32.9 Å². The van der Waals surface area contributed by atoms with E-state index in [1.165, 1.54) is 0 Å². The van der Waals surface area contributed by atoms with Gasteiger partial charge in [-0.3, -0.25) is 9.59 Å². The van der Waals surface area contributed by atoms with Crippen LogP contribution in [0.4, 0.5) is 0 Å². The average molecular weight is 381 g/mol. The highest BCUT2D eigenvalue weighted by atomic mass is 16.5. The first kappa shape index (κ1) is 21.2. The molecule has 0 atom stereocenters. The van der Waals surface area contributed by atoms with Gasteiger partial charge >= 0.3 is 0 Å². The summed E-state index contributed by atoms with van der Waals surface area (Å²) in [5.74, 6) is 0.0535. The van der Waals surface area contributed by atoms with E-state index >= 15 is 0 Å². The smallest absolute Gasteiger partial charge is 0.259 e. The predicted molar refractivity (Wildman–Crippen MR) is 111 cm³/mol. The third-order valence-electron chi connectivity index (χ3n) is 4.28. The van der Waals surface area contributed by atoms with Crippen LogP contribution < -0.4 is 15.5 Å². The van der Waals surface area contributed by atoms with Crippen LogP contribution in [0.15, 0.2) is 53.6 Å². The number of nitrogens with one attached hydrogen (secondary N) is 2. The van der Waals surface area contributed by atoms with Gasteiger partial charge in [-0.25, -0.2) is 5.43 Å². The quantitative estimate of drug-likeness (QED) is 0.595. The Balaban J connectivity index is 1.86. The molecule has 0 unspecified atom stereocenters. The molecule has 0 aliphatic heterocycles. The number of methoxy groups -OCH3 is 1. The summed E-state index contributed by atoms with van der Waals surface area (Å²) in [5, 5.41) is 6.66. The predicted octanol–water partition coefficient (Wildman–Crippen LogP) is 3.26. The highest BCUT2D eigenvalue weighted by molar-refractivity contribution is 6.00. The molecule has 0 aliphatic rings. The van der Waals surface area contributed by atoms with Gasteiger partial charge in [0.1, 0.15) is 5.75 Å². The Morgan fingerprint density at radius 3 is 2.07 bits per heavy atom. The Labute approximate surface area is 166 Å². The summed E-state index contributed by atoms with van der Waals surface area (Å²) in [4.78, 5) is 24.1. The van der Waals surface area contributed by atoms with E-state index in [-0.39, 0.29) is 17.9 Å². The normalized spacial score (nSPS) is 11.7. The number of nitrogens with zero attached hydrogens (tertiary/aromatic N) is 1. The molecule has 28 heavy (non-hydrogen) atoms. The Morgan fingerprint density at radius 2 is 1.54 bits per heavy atom. The molecule has 0 saturated carbocycles. The molecule has 148 valence electrons. The third-order valence-corrected chi connectivity index (χ3v) is 4.28. The lowest BCUT2D eigenvalue weighted by Gasteiger charge is -2.19. The van der Waals surface area contributed by atoms with E-state index in [0.717, 1.165) is 16.9 Å². The summed E-state index contributed by atoms with van der Waals surface area (Å²) < 4.78 is 5.11. The summed E-state index contributed by atoms with van der Waals surface area (Å²) in [5.41, 5.74) is 5.64. The zero-order chi connectivity index (χ0) is 20.7. The molecule has 0 spiro atoms. The van der Waals surface area contributed by atoms with Crippen LogP contribution in [-0.2, 0) is 10.2 Å². The zero-order valence-corrected chi connectivity index (χ0v) is 17.0. The number of hydrogen-bond donors (Lipinski definition) is 2. The number of carbonyl (C=O) groups is 2. The minimum atomic E-state index is -0.396. The molecule has 2 amide bonds. The highest BCUT2D eigenvalue weighted by Gasteiger charge is 2.14. The van der Waals surface area contributed by atoms with Gasteiger partial charge in [-0.15, -0.1) is 0 Å².